The summed E-state index contributed by atoms with van der Waals surface area (Å²) in [6, 6.07) is 20.9. The number of amides is 1. The van der Waals surface area contributed by atoms with Crippen LogP contribution in [0.2, 0.25) is 0 Å². The van der Waals surface area contributed by atoms with Gasteiger partial charge in [-0.25, -0.2) is 0 Å². The van der Waals surface area contributed by atoms with Crippen LogP contribution in [0.3, 0.4) is 0 Å². The lowest BCUT2D eigenvalue weighted by molar-refractivity contribution is -0.131. The molecule has 3 aromatic rings. The van der Waals surface area contributed by atoms with Gasteiger partial charge >= 0.3 is 0 Å². The van der Waals surface area contributed by atoms with Crippen LogP contribution in [-0.2, 0) is 11.3 Å². The van der Waals surface area contributed by atoms with Crippen molar-refractivity contribution in [2.45, 2.75) is 18.2 Å². The number of para-hydroxylation sites is 1. The molecule has 3 nitrogen and oxygen atoms in total. The van der Waals surface area contributed by atoms with E-state index >= 15 is 0 Å². The number of aromatic nitrogens is 1. The summed E-state index contributed by atoms with van der Waals surface area (Å²) in [4.78, 5) is 14.8. The van der Waals surface area contributed by atoms with E-state index in [1.54, 1.807) is 0 Å². The molecule has 1 aliphatic rings. The van der Waals surface area contributed by atoms with E-state index in [1.807, 2.05) is 35.0 Å². The fraction of sp³-hybridized carbons (Fsp3) is 0.286. The van der Waals surface area contributed by atoms with Gasteiger partial charge in [-0.1, -0.05) is 48.5 Å². The minimum Gasteiger partial charge on any atom is -0.340 e. The van der Waals surface area contributed by atoms with Crippen LogP contribution in [0.4, 0.5) is 0 Å². The number of hydrogen-bond donors (Lipinski definition) is 0. The van der Waals surface area contributed by atoms with E-state index in [4.69, 9.17) is 0 Å². The highest BCUT2D eigenvalue weighted by Gasteiger charge is 2.22. The molecule has 0 N–H and O–H groups in total. The first-order valence-corrected chi connectivity index (χ1v) is 9.84. The quantitative estimate of drug-likeness (QED) is 0.702. The number of carbonyl (C=O) groups excluding carboxylic acids is 1. The minimum absolute atomic E-state index is 0.218. The minimum atomic E-state index is 0.218. The van der Waals surface area contributed by atoms with Crippen LogP contribution in [0.25, 0.3) is 10.9 Å². The van der Waals surface area contributed by atoms with Crippen LogP contribution in [0.15, 0.2) is 66.9 Å². The van der Waals surface area contributed by atoms with Crippen LogP contribution in [0.5, 0.6) is 0 Å². The highest BCUT2D eigenvalue weighted by Crippen LogP contribution is 2.34. The average molecular weight is 350 g/mol. The van der Waals surface area contributed by atoms with Gasteiger partial charge in [0, 0.05) is 35.8 Å². The Bertz CT molecular complexity index is 858. The van der Waals surface area contributed by atoms with E-state index in [0.29, 0.717) is 11.8 Å². The fourth-order valence-corrected chi connectivity index (χ4v) is 4.71. The van der Waals surface area contributed by atoms with Gasteiger partial charge < -0.3 is 9.47 Å². The predicted octanol–water partition coefficient (Wildman–Crippen LogP) is 4.35. The van der Waals surface area contributed by atoms with E-state index in [2.05, 4.69) is 53.1 Å². The molecule has 1 unspecified atom stereocenters. The summed E-state index contributed by atoms with van der Waals surface area (Å²) in [5.74, 6) is 1.22. The van der Waals surface area contributed by atoms with Gasteiger partial charge in [-0.15, -0.1) is 0 Å². The number of benzene rings is 2. The zero-order valence-corrected chi connectivity index (χ0v) is 15.0. The lowest BCUT2D eigenvalue weighted by Crippen LogP contribution is -2.35. The maximum absolute atomic E-state index is 12.8. The summed E-state index contributed by atoms with van der Waals surface area (Å²) >= 11 is 1.97. The summed E-state index contributed by atoms with van der Waals surface area (Å²) in [7, 11) is 0. The van der Waals surface area contributed by atoms with Gasteiger partial charge in [0.05, 0.1) is 0 Å². The molecule has 25 heavy (non-hydrogen) atoms. The molecular weight excluding hydrogens is 328 g/mol. The van der Waals surface area contributed by atoms with Crippen LogP contribution >= 0.6 is 11.8 Å². The summed E-state index contributed by atoms with van der Waals surface area (Å²) in [6.07, 6.45) is 3.04. The molecule has 1 saturated heterocycles. The van der Waals surface area contributed by atoms with Gasteiger partial charge in [-0.3, -0.25) is 4.79 Å². The van der Waals surface area contributed by atoms with E-state index in [9.17, 15) is 4.79 Å². The standard InChI is InChI=1S/C21H22N2OS/c24-21(16-23-12-10-17-6-4-5-9-19(17)23)22-13-11-20(25-15-14-22)18-7-2-1-3-8-18/h1-10,12,20H,11,13-16H2. The van der Waals surface area contributed by atoms with Crippen molar-refractivity contribution in [1.82, 2.24) is 9.47 Å². The number of carbonyl (C=O) groups is 1. The second kappa shape index (κ2) is 7.36. The molecule has 0 radical (unpaired) electrons. The van der Waals surface area contributed by atoms with Gasteiger partial charge in [0.25, 0.3) is 0 Å². The summed E-state index contributed by atoms with van der Waals surface area (Å²) in [5.41, 5.74) is 2.50. The highest BCUT2D eigenvalue weighted by molar-refractivity contribution is 7.99. The summed E-state index contributed by atoms with van der Waals surface area (Å²) in [5, 5.41) is 1.68. The third-order valence-corrected chi connectivity index (χ3v) is 6.18. The molecule has 0 saturated carbocycles. The molecule has 1 amide bonds. The van der Waals surface area contributed by atoms with Crippen molar-refractivity contribution in [2.24, 2.45) is 0 Å². The number of hydrogen-bond acceptors (Lipinski definition) is 2. The zero-order chi connectivity index (χ0) is 17.1. The molecular formula is C21H22N2OS. The van der Waals surface area contributed by atoms with Gasteiger partial charge in [0.2, 0.25) is 5.91 Å². The van der Waals surface area contributed by atoms with Crippen molar-refractivity contribution >= 4 is 28.6 Å². The molecule has 2 aromatic carbocycles. The molecule has 0 aliphatic carbocycles. The Morgan fingerprint density at radius 3 is 2.68 bits per heavy atom. The first-order chi connectivity index (χ1) is 12.3. The Hall–Kier alpha value is -2.20. The summed E-state index contributed by atoms with van der Waals surface area (Å²) < 4.78 is 2.06. The van der Waals surface area contributed by atoms with Gasteiger partial charge in [0.15, 0.2) is 0 Å². The Morgan fingerprint density at radius 1 is 1.00 bits per heavy atom. The highest BCUT2D eigenvalue weighted by atomic mass is 32.2. The van der Waals surface area contributed by atoms with Crippen LogP contribution in [0, 0.1) is 0 Å². The van der Waals surface area contributed by atoms with Gasteiger partial charge in [-0.05, 0) is 29.5 Å². The Balaban J connectivity index is 1.43. The third-order valence-electron chi connectivity index (χ3n) is 4.85. The largest absolute Gasteiger partial charge is 0.340 e. The van der Waals surface area contributed by atoms with Crippen LogP contribution < -0.4 is 0 Å². The molecule has 1 aromatic heterocycles. The smallest absolute Gasteiger partial charge is 0.242 e. The molecule has 4 rings (SSSR count). The molecule has 0 bridgehead atoms. The van der Waals surface area contributed by atoms with E-state index in [1.165, 1.54) is 10.9 Å². The van der Waals surface area contributed by atoms with E-state index in [0.717, 1.165) is 30.8 Å². The Morgan fingerprint density at radius 2 is 1.80 bits per heavy atom. The molecule has 1 aliphatic heterocycles. The third kappa shape index (κ3) is 3.59. The Labute approximate surface area is 152 Å². The van der Waals surface area contributed by atoms with E-state index in [-0.39, 0.29) is 5.91 Å². The van der Waals surface area contributed by atoms with Crippen molar-refractivity contribution < 1.29 is 4.79 Å². The molecule has 1 fully saturated rings. The Kier molecular flexibility index (Phi) is 4.79. The predicted molar refractivity (Wildman–Crippen MR) is 105 cm³/mol. The first kappa shape index (κ1) is 16.3. The number of rotatable bonds is 3. The van der Waals surface area contributed by atoms with Crippen molar-refractivity contribution in [2.75, 3.05) is 18.8 Å². The lowest BCUT2D eigenvalue weighted by Gasteiger charge is -2.21. The maximum atomic E-state index is 12.8. The van der Waals surface area contributed by atoms with E-state index < -0.39 is 0 Å². The maximum Gasteiger partial charge on any atom is 0.242 e. The molecule has 1 atom stereocenters. The first-order valence-electron chi connectivity index (χ1n) is 8.79. The van der Waals surface area contributed by atoms with Crippen molar-refractivity contribution in [3.63, 3.8) is 0 Å². The number of thioether (sulfide) groups is 1. The SMILES string of the molecule is O=C(Cn1ccc2ccccc21)N1CCSC(c2ccccc2)CC1. The second-order valence-corrected chi connectivity index (χ2v) is 7.75. The monoisotopic (exact) mass is 350 g/mol. The molecule has 0 spiro atoms. The topological polar surface area (TPSA) is 25.2 Å². The number of nitrogens with zero attached hydrogens (tertiary/aromatic N) is 2. The lowest BCUT2D eigenvalue weighted by atomic mass is 10.1. The van der Waals surface area contributed by atoms with Crippen molar-refractivity contribution in [3.8, 4) is 0 Å². The molecule has 2 heterocycles. The van der Waals surface area contributed by atoms with Crippen molar-refractivity contribution in [3.05, 3.63) is 72.4 Å². The zero-order valence-electron chi connectivity index (χ0n) is 14.2. The average Bonchev–Trinajstić information content (AvgIpc) is 2.90. The molecule has 4 heteroatoms. The number of fused-ring (bicyclic) bond motifs is 1. The van der Waals surface area contributed by atoms with Crippen LogP contribution in [0.1, 0.15) is 17.2 Å². The fourth-order valence-electron chi connectivity index (χ4n) is 3.48. The van der Waals surface area contributed by atoms with Crippen molar-refractivity contribution in [1.29, 1.82) is 0 Å². The summed E-state index contributed by atoms with van der Waals surface area (Å²) in [6.45, 7) is 2.10. The van der Waals surface area contributed by atoms with Gasteiger partial charge in [0.1, 0.15) is 6.54 Å². The normalized spacial score (nSPS) is 18.2. The van der Waals surface area contributed by atoms with Crippen LogP contribution in [-0.4, -0.2) is 34.2 Å². The second-order valence-electron chi connectivity index (χ2n) is 6.44. The molecule has 128 valence electrons. The van der Waals surface area contributed by atoms with Gasteiger partial charge in [-0.2, -0.15) is 11.8 Å².